The summed E-state index contributed by atoms with van der Waals surface area (Å²) >= 11 is 0. The fourth-order valence-electron chi connectivity index (χ4n) is 5.73. The van der Waals surface area contributed by atoms with Crippen LogP contribution in [0, 0.1) is 0 Å². The van der Waals surface area contributed by atoms with Crippen molar-refractivity contribution in [2.24, 2.45) is 0 Å². The Hall–Kier alpha value is 0.394. The first-order valence-electron chi connectivity index (χ1n) is 12.6. The van der Waals surface area contributed by atoms with Gasteiger partial charge in [0.1, 0.15) is 0 Å². The van der Waals surface area contributed by atoms with Crippen LogP contribution < -0.4 is 0 Å². The maximum Gasteiger partial charge on any atom is 0.185 e. The SMILES string of the molecule is CC1(C)CCCCCCCCC[Si]12CCCCCCCCCC[Si](C)(C)O2. The van der Waals surface area contributed by atoms with E-state index < -0.39 is 16.6 Å². The fourth-order valence-corrected chi connectivity index (χ4v) is 17.3. The summed E-state index contributed by atoms with van der Waals surface area (Å²) < 4.78 is 7.55. The van der Waals surface area contributed by atoms with Crippen LogP contribution in [0.3, 0.4) is 0 Å². The first kappa shape index (κ1) is 23.7. The van der Waals surface area contributed by atoms with Gasteiger partial charge >= 0.3 is 0 Å². The molecule has 2 heterocycles. The minimum atomic E-state index is -1.72. The lowest BCUT2D eigenvalue weighted by molar-refractivity contribution is 0.414. The largest absolute Gasteiger partial charge is 0.455 e. The molecule has 2 aliphatic heterocycles. The lowest BCUT2D eigenvalue weighted by atomic mass is 10.0. The average Bonchev–Trinajstić information content (AvgIpc) is 2.61. The molecule has 0 saturated carbocycles. The summed E-state index contributed by atoms with van der Waals surface area (Å²) in [5, 5.41) is 0.460. The van der Waals surface area contributed by atoms with Gasteiger partial charge in [-0.3, -0.25) is 0 Å². The zero-order valence-electron chi connectivity index (χ0n) is 19.3. The predicted octanol–water partition coefficient (Wildman–Crippen LogP) is 9.20. The first-order chi connectivity index (χ1) is 12.9. The smallest absolute Gasteiger partial charge is 0.185 e. The van der Waals surface area contributed by atoms with Crippen LogP contribution in [0.1, 0.15) is 117 Å². The van der Waals surface area contributed by atoms with Gasteiger partial charge in [-0.05, 0) is 42.7 Å². The Morgan fingerprint density at radius 3 is 1.37 bits per heavy atom. The van der Waals surface area contributed by atoms with E-state index in [1.165, 1.54) is 121 Å². The normalized spacial score (nSPS) is 32.4. The summed E-state index contributed by atoms with van der Waals surface area (Å²) in [5.41, 5.74) is 0. The van der Waals surface area contributed by atoms with E-state index in [-0.39, 0.29) is 0 Å². The van der Waals surface area contributed by atoms with Crippen LogP contribution in [0.15, 0.2) is 0 Å². The van der Waals surface area contributed by atoms with Crippen molar-refractivity contribution in [3.8, 4) is 0 Å². The molecule has 1 atom stereocenters. The molecule has 27 heavy (non-hydrogen) atoms. The van der Waals surface area contributed by atoms with E-state index in [9.17, 15) is 0 Å². The molecular formula is C24H50OSi2. The second kappa shape index (κ2) is 11.5. The van der Waals surface area contributed by atoms with Gasteiger partial charge in [-0.25, -0.2) is 0 Å². The molecule has 1 nitrogen and oxygen atoms in total. The van der Waals surface area contributed by atoms with Crippen LogP contribution in [-0.2, 0) is 4.12 Å². The Labute approximate surface area is 173 Å². The second-order valence-electron chi connectivity index (χ2n) is 11.0. The minimum Gasteiger partial charge on any atom is -0.455 e. The topological polar surface area (TPSA) is 9.23 Å². The Balaban J connectivity index is 2.23. The molecule has 160 valence electrons. The molecule has 0 radical (unpaired) electrons. The Kier molecular flexibility index (Phi) is 10.1. The third-order valence-corrected chi connectivity index (χ3v) is 18.1. The van der Waals surface area contributed by atoms with E-state index >= 15 is 0 Å². The Morgan fingerprint density at radius 2 is 0.889 bits per heavy atom. The van der Waals surface area contributed by atoms with Crippen molar-refractivity contribution in [1.82, 2.24) is 0 Å². The third-order valence-electron chi connectivity index (χ3n) is 7.70. The van der Waals surface area contributed by atoms with Crippen LogP contribution in [0.2, 0.25) is 36.3 Å². The van der Waals surface area contributed by atoms with Gasteiger partial charge in [0.05, 0.1) is 0 Å². The molecule has 3 heteroatoms. The molecule has 2 fully saturated rings. The maximum atomic E-state index is 7.55. The molecular weight excluding hydrogens is 360 g/mol. The molecule has 1 spiro atoms. The van der Waals surface area contributed by atoms with Crippen molar-refractivity contribution >= 4 is 16.6 Å². The maximum absolute atomic E-state index is 7.55. The summed E-state index contributed by atoms with van der Waals surface area (Å²) in [5.74, 6) is 0. The van der Waals surface area contributed by atoms with Crippen molar-refractivity contribution in [2.45, 2.75) is 153 Å². The van der Waals surface area contributed by atoms with Crippen molar-refractivity contribution < 1.29 is 4.12 Å². The van der Waals surface area contributed by atoms with Gasteiger partial charge in [-0.1, -0.05) is 110 Å². The van der Waals surface area contributed by atoms with Crippen molar-refractivity contribution in [3.05, 3.63) is 0 Å². The van der Waals surface area contributed by atoms with E-state index in [4.69, 9.17) is 4.12 Å². The molecule has 2 saturated heterocycles. The molecule has 0 aromatic rings. The third kappa shape index (κ3) is 7.97. The number of hydrogen-bond acceptors (Lipinski definition) is 1. The molecule has 0 amide bonds. The second-order valence-corrected chi connectivity index (χ2v) is 20.2. The zero-order chi connectivity index (χ0) is 19.6. The molecule has 2 aliphatic rings. The summed E-state index contributed by atoms with van der Waals surface area (Å²) in [6.45, 7) is 10.4. The van der Waals surface area contributed by atoms with E-state index in [0.29, 0.717) is 5.04 Å². The van der Waals surface area contributed by atoms with E-state index in [2.05, 4.69) is 26.9 Å². The van der Waals surface area contributed by atoms with Crippen molar-refractivity contribution in [1.29, 1.82) is 0 Å². The number of rotatable bonds is 0. The standard InChI is InChI=1S/C24H50OSi2/c1-24(2)20-16-12-8-7-11-15-19-23-27(24)22-18-14-10-6-5-9-13-17-21-26(3,4)25-27/h5-23H2,1-4H3. The van der Waals surface area contributed by atoms with Crippen LogP contribution in [0.4, 0.5) is 0 Å². The van der Waals surface area contributed by atoms with E-state index in [1.54, 1.807) is 0 Å². The summed E-state index contributed by atoms with van der Waals surface area (Å²) in [7, 11) is -3.27. The van der Waals surface area contributed by atoms with E-state index in [1.807, 2.05) is 0 Å². The van der Waals surface area contributed by atoms with Crippen LogP contribution in [-0.4, -0.2) is 16.6 Å². The molecule has 0 bridgehead atoms. The molecule has 2 rings (SSSR count). The Bertz CT molecular complexity index is 407. The molecule has 1 unspecified atom stereocenters. The Morgan fingerprint density at radius 1 is 0.519 bits per heavy atom. The van der Waals surface area contributed by atoms with Gasteiger partial charge in [0.2, 0.25) is 0 Å². The van der Waals surface area contributed by atoms with E-state index in [0.717, 1.165) is 0 Å². The molecule has 0 aromatic carbocycles. The average molecular weight is 411 g/mol. The highest BCUT2D eigenvalue weighted by Crippen LogP contribution is 2.50. The highest BCUT2D eigenvalue weighted by molar-refractivity contribution is 6.87. The quantitative estimate of drug-likeness (QED) is 0.361. The summed E-state index contributed by atoms with van der Waals surface area (Å²) in [4.78, 5) is 0. The highest BCUT2D eigenvalue weighted by atomic mass is 28.4. The first-order valence-corrected chi connectivity index (χ1v) is 18.0. The van der Waals surface area contributed by atoms with Gasteiger partial charge in [0.25, 0.3) is 0 Å². The van der Waals surface area contributed by atoms with Crippen LogP contribution >= 0.6 is 0 Å². The monoisotopic (exact) mass is 410 g/mol. The summed E-state index contributed by atoms with van der Waals surface area (Å²) in [6.07, 6.45) is 23.2. The molecule has 0 aromatic heterocycles. The van der Waals surface area contributed by atoms with Gasteiger partial charge in [-0.2, -0.15) is 0 Å². The highest BCUT2D eigenvalue weighted by Gasteiger charge is 2.50. The van der Waals surface area contributed by atoms with Gasteiger partial charge < -0.3 is 4.12 Å². The lowest BCUT2D eigenvalue weighted by Gasteiger charge is -2.49. The molecule has 0 aliphatic carbocycles. The lowest BCUT2D eigenvalue weighted by Crippen LogP contribution is -2.55. The fraction of sp³-hybridized carbons (Fsp3) is 1.00. The van der Waals surface area contributed by atoms with Crippen LogP contribution in [0.25, 0.3) is 0 Å². The van der Waals surface area contributed by atoms with Crippen molar-refractivity contribution in [3.63, 3.8) is 0 Å². The van der Waals surface area contributed by atoms with Crippen molar-refractivity contribution in [2.75, 3.05) is 0 Å². The van der Waals surface area contributed by atoms with Gasteiger partial charge in [0.15, 0.2) is 16.6 Å². The predicted molar refractivity (Wildman–Crippen MR) is 127 cm³/mol. The van der Waals surface area contributed by atoms with Gasteiger partial charge in [0, 0.05) is 0 Å². The minimum absolute atomic E-state index is 0.460. The van der Waals surface area contributed by atoms with Crippen LogP contribution in [0.5, 0.6) is 0 Å². The molecule has 0 N–H and O–H groups in total. The van der Waals surface area contributed by atoms with Gasteiger partial charge in [-0.15, -0.1) is 0 Å². The summed E-state index contributed by atoms with van der Waals surface area (Å²) in [6, 6.07) is 4.31. The number of hydrogen-bond donors (Lipinski definition) is 0. The zero-order valence-corrected chi connectivity index (χ0v) is 21.3.